The number of nitro benzene ring substituents is 2. The molecule has 1 heterocycles. The maximum Gasteiger partial charge on any atom is 0.269 e. The van der Waals surface area contributed by atoms with Gasteiger partial charge in [-0.05, 0) is 36.4 Å². The SMILES string of the molecule is O=[N+]([O-])c1ccc(/C(=N/Nc2nc(-c3ccc([N+](=O)[O-])cc3)cs2)c2ccc(Cl)cc2)cc1. The van der Waals surface area contributed by atoms with Gasteiger partial charge in [-0.25, -0.2) is 4.98 Å². The van der Waals surface area contributed by atoms with Crippen molar-refractivity contribution in [1.82, 2.24) is 4.98 Å². The van der Waals surface area contributed by atoms with E-state index in [1.807, 2.05) is 5.38 Å². The molecule has 164 valence electrons. The van der Waals surface area contributed by atoms with Gasteiger partial charge in [0.2, 0.25) is 5.13 Å². The Morgan fingerprint density at radius 2 is 1.36 bits per heavy atom. The second-order valence-corrected chi connectivity index (χ2v) is 8.02. The predicted molar refractivity (Wildman–Crippen MR) is 128 cm³/mol. The second kappa shape index (κ2) is 9.55. The van der Waals surface area contributed by atoms with E-state index in [1.54, 1.807) is 48.5 Å². The van der Waals surface area contributed by atoms with E-state index in [2.05, 4.69) is 15.5 Å². The van der Waals surface area contributed by atoms with Gasteiger partial charge in [-0.2, -0.15) is 5.10 Å². The van der Waals surface area contributed by atoms with E-state index in [0.717, 1.165) is 11.1 Å². The molecule has 0 saturated carbocycles. The Morgan fingerprint density at radius 1 is 0.848 bits per heavy atom. The first-order valence-corrected chi connectivity index (χ1v) is 10.7. The summed E-state index contributed by atoms with van der Waals surface area (Å²) < 4.78 is 0. The molecule has 0 spiro atoms. The average Bonchev–Trinajstić information content (AvgIpc) is 3.30. The smallest absolute Gasteiger partial charge is 0.258 e. The molecule has 1 N–H and O–H groups in total. The first-order chi connectivity index (χ1) is 15.9. The molecule has 0 saturated heterocycles. The van der Waals surface area contributed by atoms with Crippen LogP contribution in [0, 0.1) is 20.2 Å². The Balaban J connectivity index is 1.62. The Kier molecular flexibility index (Phi) is 6.38. The molecule has 0 radical (unpaired) electrons. The summed E-state index contributed by atoms with van der Waals surface area (Å²) in [6.07, 6.45) is 0. The van der Waals surface area contributed by atoms with Gasteiger partial charge in [-0.1, -0.05) is 23.7 Å². The van der Waals surface area contributed by atoms with E-state index in [-0.39, 0.29) is 11.4 Å². The summed E-state index contributed by atoms with van der Waals surface area (Å²) in [6, 6.07) is 19.2. The van der Waals surface area contributed by atoms with Gasteiger partial charge in [0, 0.05) is 51.4 Å². The lowest BCUT2D eigenvalue weighted by atomic mass is 10.0. The van der Waals surface area contributed by atoms with E-state index in [4.69, 9.17) is 11.6 Å². The molecular weight excluding hydrogens is 466 g/mol. The molecule has 0 fully saturated rings. The lowest BCUT2D eigenvalue weighted by Gasteiger charge is -2.08. The molecule has 9 nitrogen and oxygen atoms in total. The summed E-state index contributed by atoms with van der Waals surface area (Å²) >= 11 is 7.33. The third-order valence-electron chi connectivity index (χ3n) is 4.61. The highest BCUT2D eigenvalue weighted by molar-refractivity contribution is 7.14. The third kappa shape index (κ3) is 5.20. The normalized spacial score (nSPS) is 11.2. The van der Waals surface area contributed by atoms with Gasteiger partial charge in [0.1, 0.15) is 0 Å². The van der Waals surface area contributed by atoms with Gasteiger partial charge in [0.25, 0.3) is 11.4 Å². The molecule has 11 heteroatoms. The lowest BCUT2D eigenvalue weighted by molar-refractivity contribution is -0.385. The van der Waals surface area contributed by atoms with Crippen LogP contribution in [0.5, 0.6) is 0 Å². The maximum atomic E-state index is 11.0. The minimum absolute atomic E-state index is 0.00707. The fraction of sp³-hybridized carbons (Fsp3) is 0. The zero-order valence-corrected chi connectivity index (χ0v) is 18.3. The maximum absolute atomic E-state index is 11.0. The molecule has 0 atom stereocenters. The standard InChI is InChI=1S/C22H14ClN5O4S/c23-17-7-1-15(2-8-17)21(16-5-11-19(12-6-16)28(31)32)25-26-22-24-20(13-33-22)14-3-9-18(10-4-14)27(29)30/h1-13H,(H,24,26)/b25-21+. The molecule has 1 aromatic heterocycles. The Bertz CT molecular complexity index is 1340. The highest BCUT2D eigenvalue weighted by atomic mass is 35.5. The second-order valence-electron chi connectivity index (χ2n) is 6.72. The molecule has 3 aromatic carbocycles. The quantitative estimate of drug-likeness (QED) is 0.193. The average molecular weight is 480 g/mol. The van der Waals surface area contributed by atoms with Gasteiger partial charge in [0.15, 0.2) is 0 Å². The van der Waals surface area contributed by atoms with Crippen LogP contribution >= 0.6 is 22.9 Å². The molecule has 33 heavy (non-hydrogen) atoms. The van der Waals surface area contributed by atoms with Crippen molar-refractivity contribution in [2.45, 2.75) is 0 Å². The molecule has 0 unspecified atom stereocenters. The predicted octanol–water partition coefficient (Wildman–Crippen LogP) is 6.14. The number of nitrogens with zero attached hydrogens (tertiary/aromatic N) is 4. The number of hydrogen-bond donors (Lipinski definition) is 1. The van der Waals surface area contributed by atoms with E-state index in [0.29, 0.717) is 27.1 Å². The molecule has 0 amide bonds. The summed E-state index contributed by atoms with van der Waals surface area (Å²) in [5.41, 5.74) is 6.29. The highest BCUT2D eigenvalue weighted by Crippen LogP contribution is 2.27. The van der Waals surface area contributed by atoms with Crippen molar-refractivity contribution in [3.63, 3.8) is 0 Å². The number of thiazole rings is 1. The van der Waals surface area contributed by atoms with Crippen LogP contribution in [-0.2, 0) is 0 Å². The Labute approximate surface area is 196 Å². The highest BCUT2D eigenvalue weighted by Gasteiger charge is 2.12. The van der Waals surface area contributed by atoms with Crippen molar-refractivity contribution < 1.29 is 9.85 Å². The number of aromatic nitrogens is 1. The summed E-state index contributed by atoms with van der Waals surface area (Å²) in [5, 5.41) is 29.2. The molecule has 0 aliphatic rings. The van der Waals surface area contributed by atoms with E-state index >= 15 is 0 Å². The number of hydrazone groups is 1. The molecule has 0 aliphatic heterocycles. The van der Waals surface area contributed by atoms with Crippen molar-refractivity contribution in [3.8, 4) is 11.3 Å². The summed E-state index contributed by atoms with van der Waals surface area (Å²) in [4.78, 5) is 25.4. The fourth-order valence-corrected chi connectivity index (χ4v) is 3.75. The Hall–Kier alpha value is -4.15. The first-order valence-electron chi connectivity index (χ1n) is 9.45. The van der Waals surface area contributed by atoms with Crippen LogP contribution < -0.4 is 5.43 Å². The number of halogens is 1. The number of anilines is 1. The van der Waals surface area contributed by atoms with Crippen molar-refractivity contribution in [2.24, 2.45) is 5.10 Å². The van der Waals surface area contributed by atoms with Crippen molar-refractivity contribution >= 4 is 45.2 Å². The van der Waals surface area contributed by atoms with Gasteiger partial charge >= 0.3 is 0 Å². The molecule has 0 bridgehead atoms. The molecule has 0 aliphatic carbocycles. The van der Waals surface area contributed by atoms with Gasteiger partial charge in [0.05, 0.1) is 21.3 Å². The zero-order valence-electron chi connectivity index (χ0n) is 16.7. The first kappa shape index (κ1) is 22.1. The largest absolute Gasteiger partial charge is 0.269 e. The number of non-ortho nitro benzene ring substituents is 2. The van der Waals surface area contributed by atoms with Crippen LogP contribution in [0.25, 0.3) is 11.3 Å². The van der Waals surface area contributed by atoms with Crippen molar-refractivity contribution in [2.75, 3.05) is 5.43 Å². The zero-order chi connectivity index (χ0) is 23.4. The monoisotopic (exact) mass is 479 g/mol. The third-order valence-corrected chi connectivity index (χ3v) is 5.61. The van der Waals surface area contributed by atoms with E-state index < -0.39 is 9.85 Å². The fourth-order valence-electron chi connectivity index (χ4n) is 2.96. The molecular formula is C22H14ClN5O4S. The van der Waals surface area contributed by atoms with Crippen LogP contribution in [-0.4, -0.2) is 20.5 Å². The topological polar surface area (TPSA) is 124 Å². The van der Waals surface area contributed by atoms with Gasteiger partial charge in [-0.3, -0.25) is 25.7 Å². The number of nitro groups is 2. The molecule has 4 aromatic rings. The Morgan fingerprint density at radius 3 is 1.91 bits per heavy atom. The van der Waals surface area contributed by atoms with Crippen molar-refractivity contribution in [1.29, 1.82) is 0 Å². The summed E-state index contributed by atoms with van der Waals surface area (Å²) in [5.74, 6) is 0. The van der Waals surface area contributed by atoms with E-state index in [9.17, 15) is 20.2 Å². The minimum Gasteiger partial charge on any atom is -0.258 e. The van der Waals surface area contributed by atoms with Crippen LogP contribution in [0.3, 0.4) is 0 Å². The molecule has 4 rings (SSSR count). The van der Waals surface area contributed by atoms with Crippen LogP contribution in [0.15, 0.2) is 83.3 Å². The van der Waals surface area contributed by atoms with Gasteiger partial charge in [-0.15, -0.1) is 11.3 Å². The summed E-state index contributed by atoms with van der Waals surface area (Å²) in [7, 11) is 0. The number of rotatable bonds is 7. The van der Waals surface area contributed by atoms with Crippen LogP contribution in [0.2, 0.25) is 5.02 Å². The number of benzene rings is 3. The van der Waals surface area contributed by atoms with E-state index in [1.165, 1.54) is 35.6 Å². The number of nitrogens with one attached hydrogen (secondary N) is 1. The van der Waals surface area contributed by atoms with Crippen LogP contribution in [0.1, 0.15) is 11.1 Å². The van der Waals surface area contributed by atoms with Crippen molar-refractivity contribution in [3.05, 3.63) is 115 Å². The lowest BCUT2D eigenvalue weighted by Crippen LogP contribution is -2.06. The van der Waals surface area contributed by atoms with Gasteiger partial charge < -0.3 is 0 Å². The minimum atomic E-state index is -0.462. The number of hydrogen-bond acceptors (Lipinski definition) is 8. The van der Waals surface area contributed by atoms with Crippen LogP contribution in [0.4, 0.5) is 16.5 Å². The summed E-state index contributed by atoms with van der Waals surface area (Å²) in [6.45, 7) is 0.